The fourth-order valence-corrected chi connectivity index (χ4v) is 2.84. The molecule has 1 heterocycles. The van der Waals surface area contributed by atoms with E-state index in [1.807, 2.05) is 0 Å². The Morgan fingerprint density at radius 3 is 2.43 bits per heavy atom. The minimum atomic E-state index is -1.23. The maximum absolute atomic E-state index is 13.7. The highest BCUT2D eigenvalue weighted by Gasteiger charge is 2.27. The quantitative estimate of drug-likeness (QED) is 0.759. The molecule has 2 aromatic carbocycles. The summed E-state index contributed by atoms with van der Waals surface area (Å²) in [5.41, 5.74) is 0.0594. The van der Waals surface area contributed by atoms with Crippen molar-refractivity contribution in [3.63, 3.8) is 0 Å². The van der Waals surface area contributed by atoms with Crippen molar-refractivity contribution in [3.8, 4) is 5.75 Å². The zero-order valence-corrected chi connectivity index (χ0v) is 12.1. The van der Waals surface area contributed by atoms with Gasteiger partial charge in [-0.25, -0.2) is 13.2 Å². The summed E-state index contributed by atoms with van der Waals surface area (Å²) in [6, 6.07) is 4.19. The van der Waals surface area contributed by atoms with Crippen LogP contribution in [0.15, 0.2) is 28.7 Å². The first-order valence-electron chi connectivity index (χ1n) is 6.12. The number of carbonyl (C=O) groups is 1. The van der Waals surface area contributed by atoms with Crippen LogP contribution in [-0.4, -0.2) is 12.4 Å². The molecule has 6 heteroatoms. The summed E-state index contributed by atoms with van der Waals surface area (Å²) in [7, 11) is 0. The largest absolute Gasteiger partial charge is 0.492 e. The molecule has 0 atom stereocenters. The van der Waals surface area contributed by atoms with Crippen LogP contribution in [0.25, 0.3) is 0 Å². The molecule has 108 valence electrons. The van der Waals surface area contributed by atoms with Crippen molar-refractivity contribution < 1.29 is 22.7 Å². The molecule has 0 fully saturated rings. The van der Waals surface area contributed by atoms with Crippen molar-refractivity contribution in [3.05, 3.63) is 62.9 Å². The normalized spacial score (nSPS) is 13.0. The molecule has 0 aliphatic carbocycles. The fourth-order valence-electron chi connectivity index (χ4n) is 2.33. The van der Waals surface area contributed by atoms with Crippen molar-refractivity contribution >= 4 is 21.7 Å². The van der Waals surface area contributed by atoms with Crippen LogP contribution >= 0.6 is 15.9 Å². The third-order valence-electron chi connectivity index (χ3n) is 3.23. The van der Waals surface area contributed by atoms with Crippen molar-refractivity contribution in [1.82, 2.24) is 0 Å². The predicted molar refractivity (Wildman–Crippen MR) is 73.1 cm³/mol. The molecule has 0 spiro atoms. The molecule has 0 unspecified atom stereocenters. The van der Waals surface area contributed by atoms with E-state index in [4.69, 9.17) is 4.74 Å². The van der Waals surface area contributed by atoms with Gasteiger partial charge in [0.25, 0.3) is 0 Å². The molecule has 21 heavy (non-hydrogen) atoms. The Balaban J connectivity index is 2.17. The van der Waals surface area contributed by atoms with Crippen LogP contribution in [0.3, 0.4) is 0 Å². The number of carbonyl (C=O) groups excluding carboxylic acids is 1. The van der Waals surface area contributed by atoms with E-state index in [1.54, 1.807) is 6.07 Å². The monoisotopic (exact) mass is 356 g/mol. The second kappa shape index (κ2) is 5.18. The summed E-state index contributed by atoms with van der Waals surface area (Å²) in [6.07, 6.45) is 0.615. The van der Waals surface area contributed by atoms with E-state index >= 15 is 0 Å². The molecule has 0 radical (unpaired) electrons. The fraction of sp³-hybridized carbons (Fsp3) is 0.133. The standard InChI is InChI=1S/C15H8BrF3O2/c16-8-3-7-1-2-21-15(7)10(4-8)14(20)13-11(18)5-9(17)6-12(13)19/h3-6H,1-2H2. The van der Waals surface area contributed by atoms with E-state index in [0.29, 0.717) is 35.4 Å². The van der Waals surface area contributed by atoms with E-state index < -0.39 is 28.8 Å². The summed E-state index contributed by atoms with van der Waals surface area (Å²) >= 11 is 3.25. The van der Waals surface area contributed by atoms with Gasteiger partial charge in [-0.2, -0.15) is 0 Å². The molecule has 0 bridgehead atoms. The smallest absolute Gasteiger partial charge is 0.202 e. The third-order valence-corrected chi connectivity index (χ3v) is 3.68. The van der Waals surface area contributed by atoms with Crippen molar-refractivity contribution in [2.45, 2.75) is 6.42 Å². The van der Waals surface area contributed by atoms with Crippen LogP contribution in [-0.2, 0) is 6.42 Å². The zero-order chi connectivity index (χ0) is 15.1. The summed E-state index contributed by atoms with van der Waals surface area (Å²) in [6.45, 7) is 0.403. The first kappa shape index (κ1) is 14.1. The molecular formula is C15H8BrF3O2. The molecule has 2 aromatic rings. The third kappa shape index (κ3) is 2.44. The first-order chi connectivity index (χ1) is 9.97. The second-order valence-corrected chi connectivity index (χ2v) is 5.53. The van der Waals surface area contributed by atoms with Crippen LogP contribution in [0.2, 0.25) is 0 Å². The summed E-state index contributed by atoms with van der Waals surface area (Å²) < 4.78 is 46.4. The van der Waals surface area contributed by atoms with Gasteiger partial charge in [0.1, 0.15) is 23.2 Å². The first-order valence-corrected chi connectivity index (χ1v) is 6.91. The molecular weight excluding hydrogens is 349 g/mol. The van der Waals surface area contributed by atoms with E-state index in [2.05, 4.69) is 15.9 Å². The Bertz CT molecular complexity index is 736. The highest BCUT2D eigenvalue weighted by molar-refractivity contribution is 9.10. The SMILES string of the molecule is O=C(c1cc(Br)cc2c1OCC2)c1c(F)cc(F)cc1F. The number of halogens is 4. The Morgan fingerprint density at radius 2 is 1.76 bits per heavy atom. The molecule has 0 N–H and O–H groups in total. The number of ketones is 1. The molecule has 2 nitrogen and oxygen atoms in total. The molecule has 0 saturated carbocycles. The van der Waals surface area contributed by atoms with E-state index in [1.165, 1.54) is 6.07 Å². The van der Waals surface area contributed by atoms with Gasteiger partial charge in [-0.05, 0) is 17.7 Å². The zero-order valence-electron chi connectivity index (χ0n) is 10.6. The Hall–Kier alpha value is -1.82. The van der Waals surface area contributed by atoms with Crippen molar-refractivity contribution in [1.29, 1.82) is 0 Å². The number of hydrogen-bond acceptors (Lipinski definition) is 2. The number of benzene rings is 2. The average molecular weight is 357 g/mol. The van der Waals surface area contributed by atoms with E-state index in [0.717, 1.165) is 5.56 Å². The maximum atomic E-state index is 13.7. The lowest BCUT2D eigenvalue weighted by Gasteiger charge is -2.09. The number of ether oxygens (including phenoxy) is 1. The highest BCUT2D eigenvalue weighted by Crippen LogP contribution is 2.35. The lowest BCUT2D eigenvalue weighted by Crippen LogP contribution is -2.10. The van der Waals surface area contributed by atoms with Crippen LogP contribution in [0.4, 0.5) is 13.2 Å². The summed E-state index contributed by atoms with van der Waals surface area (Å²) in [4.78, 5) is 12.4. The highest BCUT2D eigenvalue weighted by atomic mass is 79.9. The van der Waals surface area contributed by atoms with E-state index in [-0.39, 0.29) is 5.56 Å². The molecule has 1 aliphatic rings. The van der Waals surface area contributed by atoms with Gasteiger partial charge >= 0.3 is 0 Å². The molecule has 0 amide bonds. The van der Waals surface area contributed by atoms with Gasteiger partial charge in [-0.1, -0.05) is 15.9 Å². The second-order valence-electron chi connectivity index (χ2n) is 4.61. The van der Waals surface area contributed by atoms with Crippen molar-refractivity contribution in [2.24, 2.45) is 0 Å². The minimum Gasteiger partial charge on any atom is -0.492 e. The van der Waals surface area contributed by atoms with Crippen LogP contribution in [0.5, 0.6) is 5.75 Å². The Kier molecular flexibility index (Phi) is 3.49. The van der Waals surface area contributed by atoms with Crippen LogP contribution < -0.4 is 4.74 Å². The number of hydrogen-bond donors (Lipinski definition) is 0. The molecule has 0 aromatic heterocycles. The van der Waals surface area contributed by atoms with Crippen molar-refractivity contribution in [2.75, 3.05) is 6.61 Å². The summed E-state index contributed by atoms with van der Waals surface area (Å²) in [5.74, 6) is -4.08. The van der Waals surface area contributed by atoms with Gasteiger partial charge in [-0.3, -0.25) is 4.79 Å². The van der Waals surface area contributed by atoms with Gasteiger partial charge in [0, 0.05) is 23.0 Å². The average Bonchev–Trinajstić information content (AvgIpc) is 2.84. The Morgan fingerprint density at radius 1 is 1.10 bits per heavy atom. The number of fused-ring (bicyclic) bond motifs is 1. The van der Waals surface area contributed by atoms with Gasteiger partial charge in [0.2, 0.25) is 5.78 Å². The van der Waals surface area contributed by atoms with Gasteiger partial charge in [0.05, 0.1) is 17.7 Å². The van der Waals surface area contributed by atoms with Gasteiger partial charge in [0.15, 0.2) is 0 Å². The van der Waals surface area contributed by atoms with Crippen LogP contribution in [0, 0.1) is 17.5 Å². The molecule has 1 aliphatic heterocycles. The van der Waals surface area contributed by atoms with Gasteiger partial charge < -0.3 is 4.74 Å². The minimum absolute atomic E-state index is 0.0567. The predicted octanol–water partition coefficient (Wildman–Crippen LogP) is 4.03. The summed E-state index contributed by atoms with van der Waals surface area (Å²) in [5, 5.41) is 0. The molecule has 0 saturated heterocycles. The van der Waals surface area contributed by atoms with E-state index in [9.17, 15) is 18.0 Å². The lowest BCUT2D eigenvalue weighted by molar-refractivity contribution is 0.102. The maximum Gasteiger partial charge on any atom is 0.202 e. The van der Waals surface area contributed by atoms with Gasteiger partial charge in [-0.15, -0.1) is 0 Å². The topological polar surface area (TPSA) is 26.3 Å². The number of rotatable bonds is 2. The lowest BCUT2D eigenvalue weighted by atomic mass is 9.99. The Labute approximate surface area is 126 Å². The van der Waals surface area contributed by atoms with Crippen LogP contribution in [0.1, 0.15) is 21.5 Å². The molecule has 3 rings (SSSR count).